The Bertz CT molecular complexity index is 1380. The molecule has 2 aliphatic heterocycles. The number of para-hydroxylation sites is 1. The largest absolute Gasteiger partial charge is 0.355 e. The third-order valence-corrected chi connectivity index (χ3v) is 8.85. The van der Waals surface area contributed by atoms with E-state index in [0.717, 1.165) is 28.8 Å². The molecule has 2 aliphatic rings. The number of rotatable bonds is 5. The lowest BCUT2D eigenvalue weighted by Crippen LogP contribution is -2.46. The number of carbonyl (C=O) groups excluding carboxylic acids is 1. The monoisotopic (exact) mass is 491 g/mol. The summed E-state index contributed by atoms with van der Waals surface area (Å²) in [5.41, 5.74) is 4.49. The minimum absolute atomic E-state index is 0.00335. The second-order valence-corrected chi connectivity index (χ2v) is 11.2. The fourth-order valence-corrected chi connectivity index (χ4v) is 6.70. The first-order valence-electron chi connectivity index (χ1n) is 11.9. The van der Waals surface area contributed by atoms with Gasteiger partial charge in [0.2, 0.25) is 15.9 Å². The van der Waals surface area contributed by atoms with E-state index in [1.54, 1.807) is 13.0 Å². The minimum atomic E-state index is -3.89. The van der Waals surface area contributed by atoms with E-state index in [-0.39, 0.29) is 29.0 Å². The molecule has 35 heavy (non-hydrogen) atoms. The van der Waals surface area contributed by atoms with E-state index in [4.69, 9.17) is 4.52 Å². The average molecular weight is 492 g/mol. The number of anilines is 1. The van der Waals surface area contributed by atoms with Gasteiger partial charge in [0.05, 0.1) is 5.92 Å². The topological polar surface area (TPSA) is 83.7 Å². The number of hydrogen-bond donors (Lipinski definition) is 0. The summed E-state index contributed by atoms with van der Waals surface area (Å²) in [7, 11) is -3.89. The van der Waals surface area contributed by atoms with Crippen molar-refractivity contribution < 1.29 is 17.7 Å². The maximum Gasteiger partial charge on any atom is 0.248 e. The lowest BCUT2D eigenvalue weighted by atomic mass is 9.98. The van der Waals surface area contributed by atoms with Crippen molar-refractivity contribution in [3.63, 3.8) is 0 Å². The molecule has 7 nitrogen and oxygen atoms in total. The molecule has 0 aliphatic carbocycles. The number of benzene rings is 2. The molecule has 5 rings (SSSR count). The minimum Gasteiger partial charge on any atom is -0.355 e. The molecule has 0 N–H and O–H groups in total. The van der Waals surface area contributed by atoms with Gasteiger partial charge in [-0.2, -0.15) is 4.31 Å². The Morgan fingerprint density at radius 2 is 1.83 bits per heavy atom. The Labute approximate surface area is 206 Å². The Balaban J connectivity index is 1.37. The molecule has 1 fully saturated rings. The van der Waals surface area contributed by atoms with Gasteiger partial charge in [-0.3, -0.25) is 4.79 Å². The molecule has 1 unspecified atom stereocenters. The fourth-order valence-electron chi connectivity index (χ4n) is 4.93. The Hall–Kier alpha value is -3.23. The van der Waals surface area contributed by atoms with E-state index in [1.807, 2.05) is 66.4 Å². The van der Waals surface area contributed by atoms with Crippen LogP contribution in [0.5, 0.6) is 0 Å². The Morgan fingerprint density at radius 1 is 1.06 bits per heavy atom. The van der Waals surface area contributed by atoms with Gasteiger partial charge in [-0.25, -0.2) is 8.42 Å². The molecule has 0 spiro atoms. The maximum absolute atomic E-state index is 13.7. The number of carbonyl (C=O) groups is 1. The molecule has 1 amide bonds. The SMILES string of the molecule is Cc1ccc(C=Cc2onc(C)c2S(=O)(=O)N2CCCC(C(=O)N3CCc4ccccc43)C2)cc1. The summed E-state index contributed by atoms with van der Waals surface area (Å²) in [6.07, 6.45) is 5.58. The number of nitrogens with zero attached hydrogens (tertiary/aromatic N) is 3. The van der Waals surface area contributed by atoms with Gasteiger partial charge in [-0.05, 0) is 56.4 Å². The molecule has 182 valence electrons. The molecule has 3 aromatic rings. The number of aromatic nitrogens is 1. The van der Waals surface area contributed by atoms with Crippen molar-refractivity contribution in [1.82, 2.24) is 9.46 Å². The van der Waals surface area contributed by atoms with Crippen molar-refractivity contribution in [2.24, 2.45) is 5.92 Å². The lowest BCUT2D eigenvalue weighted by molar-refractivity contribution is -0.123. The van der Waals surface area contributed by atoms with E-state index in [0.29, 0.717) is 31.6 Å². The lowest BCUT2D eigenvalue weighted by Gasteiger charge is -2.33. The van der Waals surface area contributed by atoms with Gasteiger partial charge in [0.15, 0.2) is 10.7 Å². The molecule has 0 saturated carbocycles. The summed E-state index contributed by atoms with van der Waals surface area (Å²) < 4.78 is 34.2. The van der Waals surface area contributed by atoms with Gasteiger partial charge in [0.1, 0.15) is 5.69 Å². The van der Waals surface area contributed by atoms with Crippen molar-refractivity contribution >= 4 is 33.8 Å². The van der Waals surface area contributed by atoms with Gasteiger partial charge < -0.3 is 9.42 Å². The highest BCUT2D eigenvalue weighted by Crippen LogP contribution is 2.33. The molecule has 2 aromatic carbocycles. The standard InChI is InChI=1S/C27H29N3O4S/c1-19-9-11-21(12-10-19)13-14-25-26(20(2)28-34-25)35(32,33)29-16-5-7-23(18-29)27(31)30-17-15-22-6-3-4-8-24(22)30/h3-4,6,8-14,23H,5,7,15-18H2,1-2H3. The zero-order chi connectivity index (χ0) is 24.6. The summed E-state index contributed by atoms with van der Waals surface area (Å²) in [6.45, 7) is 4.81. The number of hydrogen-bond acceptors (Lipinski definition) is 5. The average Bonchev–Trinajstić information content (AvgIpc) is 3.47. The molecule has 1 saturated heterocycles. The number of piperidine rings is 1. The van der Waals surface area contributed by atoms with E-state index in [9.17, 15) is 13.2 Å². The van der Waals surface area contributed by atoms with Crippen LogP contribution in [-0.4, -0.2) is 43.4 Å². The van der Waals surface area contributed by atoms with Crippen LogP contribution in [0, 0.1) is 19.8 Å². The summed E-state index contributed by atoms with van der Waals surface area (Å²) in [4.78, 5) is 15.3. The molecule has 0 radical (unpaired) electrons. The van der Waals surface area contributed by atoms with Crippen molar-refractivity contribution in [2.75, 3.05) is 24.5 Å². The third-order valence-electron chi connectivity index (χ3n) is 6.82. The van der Waals surface area contributed by atoms with Crippen molar-refractivity contribution in [3.8, 4) is 0 Å². The molecular formula is C27H29N3O4S. The molecule has 1 atom stereocenters. The highest BCUT2D eigenvalue weighted by molar-refractivity contribution is 7.89. The number of aryl methyl sites for hydroxylation is 2. The summed E-state index contributed by atoms with van der Waals surface area (Å²) >= 11 is 0. The van der Waals surface area contributed by atoms with Crippen LogP contribution in [0.4, 0.5) is 5.69 Å². The fraction of sp³-hybridized carbons (Fsp3) is 0.333. The van der Waals surface area contributed by atoms with E-state index in [2.05, 4.69) is 5.16 Å². The number of sulfonamides is 1. The van der Waals surface area contributed by atoms with Crippen LogP contribution in [0.25, 0.3) is 12.2 Å². The first-order valence-corrected chi connectivity index (χ1v) is 13.4. The van der Waals surface area contributed by atoms with E-state index < -0.39 is 10.0 Å². The predicted molar refractivity (Wildman–Crippen MR) is 135 cm³/mol. The summed E-state index contributed by atoms with van der Waals surface area (Å²) in [5.74, 6) is -0.183. The van der Waals surface area contributed by atoms with Crippen LogP contribution in [-0.2, 0) is 21.2 Å². The molecule has 8 heteroatoms. The van der Waals surface area contributed by atoms with Crippen LogP contribution in [0.3, 0.4) is 0 Å². The van der Waals surface area contributed by atoms with Gasteiger partial charge in [-0.15, -0.1) is 0 Å². The van der Waals surface area contributed by atoms with Crippen molar-refractivity contribution in [1.29, 1.82) is 0 Å². The third kappa shape index (κ3) is 4.56. The number of amides is 1. The maximum atomic E-state index is 13.7. The van der Waals surface area contributed by atoms with Gasteiger partial charge in [-0.1, -0.05) is 59.3 Å². The van der Waals surface area contributed by atoms with E-state index in [1.165, 1.54) is 4.31 Å². The van der Waals surface area contributed by atoms with Crippen LogP contribution >= 0.6 is 0 Å². The molecule has 1 aromatic heterocycles. The van der Waals surface area contributed by atoms with Crippen molar-refractivity contribution in [2.45, 2.75) is 38.0 Å². The Kier molecular flexibility index (Phi) is 6.34. The van der Waals surface area contributed by atoms with Crippen molar-refractivity contribution in [3.05, 3.63) is 76.7 Å². The summed E-state index contributed by atoms with van der Waals surface area (Å²) in [6, 6.07) is 15.8. The normalized spacial score (nSPS) is 18.8. The van der Waals surface area contributed by atoms with E-state index >= 15 is 0 Å². The second kappa shape index (κ2) is 9.43. The Morgan fingerprint density at radius 3 is 2.63 bits per heavy atom. The highest BCUT2D eigenvalue weighted by Gasteiger charge is 2.39. The van der Waals surface area contributed by atoms with Crippen LogP contribution in [0.1, 0.15) is 41.0 Å². The zero-order valence-electron chi connectivity index (χ0n) is 20.0. The quantitative estimate of drug-likeness (QED) is 0.527. The predicted octanol–water partition coefficient (Wildman–Crippen LogP) is 4.45. The molecule has 0 bridgehead atoms. The molecular weight excluding hydrogens is 462 g/mol. The number of fused-ring (bicyclic) bond motifs is 1. The smallest absolute Gasteiger partial charge is 0.248 e. The summed E-state index contributed by atoms with van der Waals surface area (Å²) in [5, 5.41) is 3.94. The van der Waals surface area contributed by atoms with Gasteiger partial charge in [0, 0.05) is 25.3 Å². The van der Waals surface area contributed by atoms with Crippen LogP contribution in [0.2, 0.25) is 0 Å². The van der Waals surface area contributed by atoms with Crippen LogP contribution in [0.15, 0.2) is 57.9 Å². The van der Waals surface area contributed by atoms with Gasteiger partial charge in [0.25, 0.3) is 0 Å². The first kappa shape index (κ1) is 23.5. The van der Waals surface area contributed by atoms with Gasteiger partial charge >= 0.3 is 0 Å². The zero-order valence-corrected chi connectivity index (χ0v) is 20.8. The van der Waals surface area contributed by atoms with Crippen LogP contribution < -0.4 is 4.90 Å². The first-order chi connectivity index (χ1) is 16.8. The highest BCUT2D eigenvalue weighted by atomic mass is 32.2. The second-order valence-electron chi connectivity index (χ2n) is 9.28. The molecule has 3 heterocycles.